The Balaban J connectivity index is 1.38. The summed E-state index contributed by atoms with van der Waals surface area (Å²) in [6.07, 6.45) is 5.22. The molecule has 1 aliphatic carbocycles. The fourth-order valence-electron chi connectivity index (χ4n) is 12.1. The molecule has 0 spiro atoms. The highest BCUT2D eigenvalue weighted by atomic mass is 28.3. The SMILES string of the molecule is CC1=C(C)C(C)C([Si](c2cc(Cc3ccccc3)c(C)c(Cc3ccccc3)c2)(c2cc(Cc3ccccc3)c(C)c(Cc3ccccc3)c2)c2cc(Cc3ccccc3)c(C)c(Cc3ccccc3)c2)=C1C. The van der Waals surface area contributed by atoms with Gasteiger partial charge in [0.25, 0.3) is 0 Å². The van der Waals surface area contributed by atoms with Crippen LogP contribution >= 0.6 is 0 Å². The van der Waals surface area contributed by atoms with Crippen LogP contribution in [0.25, 0.3) is 0 Å². The Morgan fingerprint density at radius 1 is 0.288 bits per heavy atom. The summed E-state index contributed by atoms with van der Waals surface area (Å²) in [7, 11) is -3.32. The van der Waals surface area contributed by atoms with E-state index in [1.165, 1.54) is 116 Å². The van der Waals surface area contributed by atoms with Crippen LogP contribution in [0.4, 0.5) is 0 Å². The third-order valence-corrected chi connectivity index (χ3v) is 21.7. The molecule has 0 aromatic heterocycles. The van der Waals surface area contributed by atoms with Crippen molar-refractivity contribution >= 4 is 23.6 Å². The third-order valence-electron chi connectivity index (χ3n) is 16.6. The summed E-state index contributed by atoms with van der Waals surface area (Å²) in [6.45, 7) is 17.0. The van der Waals surface area contributed by atoms with Crippen LogP contribution in [0, 0.1) is 26.7 Å². The van der Waals surface area contributed by atoms with E-state index in [0.29, 0.717) is 0 Å². The van der Waals surface area contributed by atoms with Crippen LogP contribution in [0.5, 0.6) is 0 Å². The van der Waals surface area contributed by atoms with Crippen LogP contribution in [0.2, 0.25) is 0 Å². The summed E-state index contributed by atoms with van der Waals surface area (Å²) in [5.74, 6) is 0.246. The molecule has 0 aliphatic heterocycles. The summed E-state index contributed by atoms with van der Waals surface area (Å²) in [5.41, 5.74) is 25.1. The quantitative estimate of drug-likeness (QED) is 0.0669. The molecule has 9 aromatic rings. The fourth-order valence-corrected chi connectivity index (χ4v) is 18.0. The summed E-state index contributed by atoms with van der Waals surface area (Å²) < 4.78 is 0. The molecule has 0 heterocycles. The topological polar surface area (TPSA) is 0 Å². The van der Waals surface area contributed by atoms with Crippen molar-refractivity contribution in [1.29, 1.82) is 0 Å². The van der Waals surface area contributed by atoms with Crippen molar-refractivity contribution in [3.63, 3.8) is 0 Å². The van der Waals surface area contributed by atoms with Crippen molar-refractivity contribution in [2.45, 2.75) is 87.0 Å². The van der Waals surface area contributed by atoms with Crippen LogP contribution in [-0.4, -0.2) is 8.07 Å². The van der Waals surface area contributed by atoms with Gasteiger partial charge in [-0.15, -0.1) is 0 Å². The molecule has 10 rings (SSSR count). The molecule has 0 amide bonds. The van der Waals surface area contributed by atoms with Crippen molar-refractivity contribution in [3.8, 4) is 0 Å². The van der Waals surface area contributed by atoms with Crippen molar-refractivity contribution < 1.29 is 0 Å². The highest BCUT2D eigenvalue weighted by Crippen LogP contribution is 2.43. The van der Waals surface area contributed by atoms with E-state index in [1.807, 2.05) is 0 Å². The van der Waals surface area contributed by atoms with Crippen LogP contribution < -0.4 is 15.6 Å². The Bertz CT molecular complexity index is 2900. The molecule has 362 valence electrons. The Hall–Kier alpha value is -7.32. The minimum absolute atomic E-state index is 0.246. The first-order valence-electron chi connectivity index (χ1n) is 26.6. The first-order valence-corrected chi connectivity index (χ1v) is 28.6. The Morgan fingerprint density at radius 3 is 0.671 bits per heavy atom. The minimum Gasteiger partial charge on any atom is -0.0636 e. The van der Waals surface area contributed by atoms with E-state index in [4.69, 9.17) is 0 Å². The summed E-state index contributed by atoms with van der Waals surface area (Å²) in [6, 6.07) is 83.3. The largest absolute Gasteiger partial charge is 0.176 e. The van der Waals surface area contributed by atoms with Gasteiger partial charge >= 0.3 is 0 Å². The monoisotopic (exact) mass is 963 g/mol. The van der Waals surface area contributed by atoms with E-state index in [2.05, 4.69) is 267 Å². The lowest BCUT2D eigenvalue weighted by molar-refractivity contribution is 0.851. The number of hydrogen-bond donors (Lipinski definition) is 0. The van der Waals surface area contributed by atoms with E-state index in [1.54, 1.807) is 5.20 Å². The van der Waals surface area contributed by atoms with Gasteiger partial charge in [0.2, 0.25) is 0 Å². The second kappa shape index (κ2) is 21.8. The Morgan fingerprint density at radius 2 is 0.493 bits per heavy atom. The van der Waals surface area contributed by atoms with E-state index in [-0.39, 0.29) is 5.92 Å². The average Bonchev–Trinajstić information content (AvgIpc) is 3.61. The standard InChI is InChI=1S/C72H70Si/c1-50-51(2)53(4)72(52(50)3)73(69-44-63(38-57-26-14-8-15-27-57)54(5)64(45-69)39-58-28-16-9-17-29-58,70-46-65(40-59-30-18-10-19-31-59)55(6)66(47-70)41-60-32-20-11-21-33-60)71-48-67(42-61-34-22-12-23-35-61)56(7)68(49-71)43-62-36-24-13-25-37-62/h8-37,44-49,52H,38-43H2,1-7H3. The van der Waals surface area contributed by atoms with Crippen molar-refractivity contribution in [1.82, 2.24) is 0 Å². The first kappa shape index (κ1) is 49.3. The van der Waals surface area contributed by atoms with Gasteiger partial charge in [0.05, 0.1) is 0 Å². The average molecular weight is 963 g/mol. The van der Waals surface area contributed by atoms with Gasteiger partial charge in [-0.2, -0.15) is 0 Å². The zero-order valence-corrected chi connectivity index (χ0v) is 45.1. The predicted molar refractivity (Wildman–Crippen MR) is 314 cm³/mol. The molecule has 0 fully saturated rings. The summed E-state index contributed by atoms with van der Waals surface area (Å²) in [4.78, 5) is 0. The first-order chi connectivity index (χ1) is 35.6. The van der Waals surface area contributed by atoms with Gasteiger partial charge in [0.15, 0.2) is 8.07 Å². The van der Waals surface area contributed by atoms with E-state index in [9.17, 15) is 0 Å². The molecule has 0 nitrogen and oxygen atoms in total. The number of allylic oxidation sites excluding steroid dienone is 4. The lowest BCUT2D eigenvalue weighted by Gasteiger charge is -2.41. The second-order valence-corrected chi connectivity index (χ2v) is 24.8. The van der Waals surface area contributed by atoms with Gasteiger partial charge in [0.1, 0.15) is 0 Å². The lowest BCUT2D eigenvalue weighted by Crippen LogP contribution is -2.70. The molecule has 73 heavy (non-hydrogen) atoms. The maximum Gasteiger partial charge on any atom is 0.176 e. The van der Waals surface area contributed by atoms with E-state index < -0.39 is 8.07 Å². The molecule has 0 N–H and O–H groups in total. The molecule has 0 saturated carbocycles. The molecule has 1 atom stereocenters. The van der Waals surface area contributed by atoms with Crippen molar-refractivity contribution in [2.24, 2.45) is 5.92 Å². The van der Waals surface area contributed by atoms with Crippen molar-refractivity contribution in [3.05, 3.63) is 324 Å². The van der Waals surface area contributed by atoms with Crippen LogP contribution in [0.15, 0.2) is 240 Å². The van der Waals surface area contributed by atoms with Gasteiger partial charge < -0.3 is 0 Å². The van der Waals surface area contributed by atoms with E-state index in [0.717, 1.165) is 38.5 Å². The molecule has 9 aromatic carbocycles. The molecular weight excluding hydrogens is 893 g/mol. The van der Waals surface area contributed by atoms with Gasteiger partial charge in [0, 0.05) is 0 Å². The summed E-state index contributed by atoms with van der Waals surface area (Å²) in [5, 5.41) is 6.08. The number of rotatable bonds is 16. The number of hydrogen-bond acceptors (Lipinski definition) is 0. The molecular formula is C72H70Si. The van der Waals surface area contributed by atoms with Crippen LogP contribution in [0.1, 0.15) is 111 Å². The third kappa shape index (κ3) is 10.4. The van der Waals surface area contributed by atoms with Gasteiger partial charge in [-0.25, -0.2) is 0 Å². The minimum atomic E-state index is -3.32. The Labute approximate surface area is 437 Å². The van der Waals surface area contributed by atoms with Crippen molar-refractivity contribution in [2.75, 3.05) is 0 Å². The maximum absolute atomic E-state index is 3.32. The van der Waals surface area contributed by atoms with Gasteiger partial charge in [-0.05, 0) is 191 Å². The lowest BCUT2D eigenvalue weighted by atomic mass is 9.93. The molecule has 1 heteroatoms. The molecule has 0 bridgehead atoms. The molecule has 0 saturated heterocycles. The zero-order chi connectivity index (χ0) is 50.5. The predicted octanol–water partition coefficient (Wildman–Crippen LogP) is 15.5. The molecule has 1 unspecified atom stereocenters. The smallest absolute Gasteiger partial charge is 0.0636 e. The maximum atomic E-state index is 2.71. The Kier molecular flexibility index (Phi) is 14.7. The van der Waals surface area contributed by atoms with Gasteiger partial charge in [-0.3, -0.25) is 0 Å². The fraction of sp³-hybridized carbons (Fsp3) is 0.194. The van der Waals surface area contributed by atoms with Crippen LogP contribution in [0.3, 0.4) is 0 Å². The highest BCUT2D eigenvalue weighted by Gasteiger charge is 2.49. The molecule has 0 radical (unpaired) electrons. The molecule has 1 aliphatic rings. The second-order valence-electron chi connectivity index (χ2n) is 21.1. The summed E-state index contributed by atoms with van der Waals surface area (Å²) >= 11 is 0. The zero-order valence-electron chi connectivity index (χ0n) is 44.1. The normalized spacial score (nSPS) is 13.8. The highest BCUT2D eigenvalue weighted by molar-refractivity contribution is 7.16. The van der Waals surface area contributed by atoms with E-state index >= 15 is 0 Å². The van der Waals surface area contributed by atoms with Gasteiger partial charge in [-0.1, -0.05) is 242 Å². The van der Waals surface area contributed by atoms with Crippen LogP contribution in [-0.2, 0) is 38.5 Å². The number of benzene rings is 9.